The minimum Gasteiger partial charge on any atom is -0.494 e. The molecule has 5 nitrogen and oxygen atoms in total. The first-order valence-corrected chi connectivity index (χ1v) is 6.91. The molecule has 2 N–H and O–H groups in total. The third-order valence-corrected chi connectivity index (χ3v) is 3.79. The Morgan fingerprint density at radius 2 is 2.05 bits per heavy atom. The normalized spacial score (nSPS) is 25.4. The molecular weight excluding hydrogens is 258 g/mol. The molecule has 2 atom stereocenters. The molecule has 1 aliphatic rings. The quantitative estimate of drug-likeness (QED) is 0.834. The van der Waals surface area contributed by atoms with Crippen molar-refractivity contribution in [1.82, 2.24) is 5.32 Å². The minimum absolute atomic E-state index is 0.0727. The van der Waals surface area contributed by atoms with E-state index in [1.54, 1.807) is 7.05 Å². The number of likely N-dealkylation sites (N-methyl/N-ethyl adjacent to an activating group) is 1. The van der Waals surface area contributed by atoms with E-state index in [4.69, 9.17) is 9.47 Å². The molecule has 0 aliphatic heterocycles. The summed E-state index contributed by atoms with van der Waals surface area (Å²) in [5, 5.41) is 12.2. The Morgan fingerprint density at radius 3 is 2.55 bits per heavy atom. The average molecular weight is 279 g/mol. The standard InChI is InChI=1S/C15H21NO4/c1-3-19-11-4-6-12(7-5-11)20-13-8-9-15(10-13,16-2)14(17)18/h4-7,13,16H,3,8-10H2,1-2H3,(H,17,18). The van der Waals surface area contributed by atoms with Crippen LogP contribution in [0.3, 0.4) is 0 Å². The average Bonchev–Trinajstić information content (AvgIpc) is 2.86. The van der Waals surface area contributed by atoms with E-state index >= 15 is 0 Å². The first-order chi connectivity index (χ1) is 9.59. The lowest BCUT2D eigenvalue weighted by molar-refractivity contribution is -0.144. The van der Waals surface area contributed by atoms with E-state index in [9.17, 15) is 9.90 Å². The Bertz CT molecular complexity index is 459. The van der Waals surface area contributed by atoms with Crippen molar-refractivity contribution in [1.29, 1.82) is 0 Å². The van der Waals surface area contributed by atoms with Gasteiger partial charge in [0.2, 0.25) is 0 Å². The molecule has 1 aromatic carbocycles. The van der Waals surface area contributed by atoms with E-state index in [2.05, 4.69) is 5.32 Å². The lowest BCUT2D eigenvalue weighted by Gasteiger charge is -2.23. The van der Waals surface area contributed by atoms with E-state index in [1.165, 1.54) is 0 Å². The van der Waals surface area contributed by atoms with Crippen LogP contribution in [0.25, 0.3) is 0 Å². The van der Waals surface area contributed by atoms with Crippen molar-refractivity contribution < 1.29 is 19.4 Å². The monoisotopic (exact) mass is 279 g/mol. The van der Waals surface area contributed by atoms with Gasteiger partial charge in [0.25, 0.3) is 0 Å². The summed E-state index contributed by atoms with van der Waals surface area (Å²) in [6, 6.07) is 7.42. The second kappa shape index (κ2) is 6.13. The smallest absolute Gasteiger partial charge is 0.324 e. The highest BCUT2D eigenvalue weighted by Gasteiger charge is 2.45. The minimum atomic E-state index is -0.851. The molecule has 0 aromatic heterocycles. The van der Waals surface area contributed by atoms with Crippen molar-refractivity contribution in [3.8, 4) is 11.5 Å². The molecule has 1 saturated carbocycles. The first kappa shape index (κ1) is 14.7. The molecule has 2 unspecified atom stereocenters. The first-order valence-electron chi connectivity index (χ1n) is 6.91. The summed E-state index contributed by atoms with van der Waals surface area (Å²) >= 11 is 0. The van der Waals surface area contributed by atoms with E-state index < -0.39 is 11.5 Å². The Labute approximate surface area is 118 Å². The number of ether oxygens (including phenoxy) is 2. The topological polar surface area (TPSA) is 67.8 Å². The number of benzene rings is 1. The molecule has 5 heteroatoms. The fraction of sp³-hybridized carbons (Fsp3) is 0.533. The summed E-state index contributed by atoms with van der Waals surface area (Å²) in [5.74, 6) is 0.745. The largest absolute Gasteiger partial charge is 0.494 e. The molecule has 1 aromatic rings. The van der Waals surface area contributed by atoms with Crippen LogP contribution in [-0.2, 0) is 4.79 Å². The molecule has 0 amide bonds. The van der Waals surface area contributed by atoms with Gasteiger partial charge in [-0.1, -0.05) is 0 Å². The van der Waals surface area contributed by atoms with Crippen molar-refractivity contribution in [3.63, 3.8) is 0 Å². The summed E-state index contributed by atoms with van der Waals surface area (Å²) in [6.45, 7) is 2.57. The molecule has 110 valence electrons. The zero-order valence-electron chi connectivity index (χ0n) is 11.9. The second-order valence-corrected chi connectivity index (χ2v) is 5.02. The molecule has 0 heterocycles. The third kappa shape index (κ3) is 3.04. The van der Waals surface area contributed by atoms with Crippen molar-refractivity contribution in [2.75, 3.05) is 13.7 Å². The highest BCUT2D eigenvalue weighted by molar-refractivity contribution is 5.79. The fourth-order valence-electron chi connectivity index (χ4n) is 2.60. The number of hydrogen-bond acceptors (Lipinski definition) is 4. The summed E-state index contributed by atoms with van der Waals surface area (Å²) in [7, 11) is 1.69. The maximum Gasteiger partial charge on any atom is 0.324 e. The van der Waals surface area contributed by atoms with E-state index in [1.807, 2.05) is 31.2 Å². The summed E-state index contributed by atoms with van der Waals surface area (Å²) in [6.07, 6.45) is 1.73. The van der Waals surface area contributed by atoms with Crippen LogP contribution in [0.15, 0.2) is 24.3 Å². The van der Waals surface area contributed by atoms with Crippen LogP contribution in [0.4, 0.5) is 0 Å². The molecule has 2 rings (SSSR count). The van der Waals surface area contributed by atoms with Crippen molar-refractivity contribution >= 4 is 5.97 Å². The van der Waals surface area contributed by atoms with Gasteiger partial charge in [-0.2, -0.15) is 0 Å². The van der Waals surface area contributed by atoms with Crippen LogP contribution in [-0.4, -0.2) is 36.4 Å². The maximum absolute atomic E-state index is 11.3. The number of carbonyl (C=O) groups is 1. The summed E-state index contributed by atoms with van der Waals surface area (Å²) in [4.78, 5) is 11.3. The zero-order valence-corrected chi connectivity index (χ0v) is 11.9. The van der Waals surface area contributed by atoms with Gasteiger partial charge in [-0.05, 0) is 51.1 Å². The van der Waals surface area contributed by atoms with Gasteiger partial charge in [0.05, 0.1) is 6.61 Å². The van der Waals surface area contributed by atoms with Crippen molar-refractivity contribution in [2.45, 2.75) is 37.8 Å². The van der Waals surface area contributed by atoms with Crippen LogP contribution in [0.2, 0.25) is 0 Å². The van der Waals surface area contributed by atoms with E-state index in [-0.39, 0.29) is 6.10 Å². The molecular formula is C15H21NO4. The molecule has 0 spiro atoms. The highest BCUT2D eigenvalue weighted by atomic mass is 16.5. The van der Waals surface area contributed by atoms with Gasteiger partial charge < -0.3 is 19.9 Å². The highest BCUT2D eigenvalue weighted by Crippen LogP contribution is 2.33. The molecule has 0 bridgehead atoms. The molecule has 0 radical (unpaired) electrons. The van der Waals surface area contributed by atoms with Gasteiger partial charge >= 0.3 is 5.97 Å². The van der Waals surface area contributed by atoms with Gasteiger partial charge in [-0.15, -0.1) is 0 Å². The SMILES string of the molecule is CCOc1ccc(OC2CCC(NC)(C(=O)O)C2)cc1. The number of carboxylic acids is 1. The summed E-state index contributed by atoms with van der Waals surface area (Å²) < 4.78 is 11.2. The summed E-state index contributed by atoms with van der Waals surface area (Å²) in [5.41, 5.74) is -0.851. The predicted molar refractivity (Wildman–Crippen MR) is 75.3 cm³/mol. The number of aliphatic carboxylic acids is 1. The van der Waals surface area contributed by atoms with E-state index in [0.717, 1.165) is 17.9 Å². The van der Waals surface area contributed by atoms with Gasteiger partial charge in [0.1, 0.15) is 23.1 Å². The zero-order chi connectivity index (χ0) is 14.6. The lowest BCUT2D eigenvalue weighted by atomic mass is 9.98. The third-order valence-electron chi connectivity index (χ3n) is 3.79. The Hall–Kier alpha value is -1.75. The van der Waals surface area contributed by atoms with E-state index in [0.29, 0.717) is 19.4 Å². The van der Waals surface area contributed by atoms with Gasteiger partial charge in [0.15, 0.2) is 0 Å². The fourth-order valence-corrected chi connectivity index (χ4v) is 2.60. The Kier molecular flexibility index (Phi) is 4.49. The van der Waals surface area contributed by atoms with Crippen LogP contribution in [0.1, 0.15) is 26.2 Å². The lowest BCUT2D eigenvalue weighted by Crippen LogP contribution is -2.48. The number of rotatable bonds is 6. The van der Waals surface area contributed by atoms with Crippen molar-refractivity contribution in [3.05, 3.63) is 24.3 Å². The maximum atomic E-state index is 11.3. The van der Waals surface area contributed by atoms with Gasteiger partial charge in [-0.25, -0.2) is 0 Å². The predicted octanol–water partition coefficient (Wildman–Crippen LogP) is 2.06. The second-order valence-electron chi connectivity index (χ2n) is 5.02. The van der Waals surface area contributed by atoms with Crippen LogP contribution in [0.5, 0.6) is 11.5 Å². The van der Waals surface area contributed by atoms with Crippen LogP contribution >= 0.6 is 0 Å². The van der Waals surface area contributed by atoms with Gasteiger partial charge in [-0.3, -0.25) is 4.79 Å². The number of hydrogen-bond donors (Lipinski definition) is 2. The molecule has 20 heavy (non-hydrogen) atoms. The van der Waals surface area contributed by atoms with Crippen LogP contribution in [0, 0.1) is 0 Å². The van der Waals surface area contributed by atoms with Gasteiger partial charge in [0, 0.05) is 6.42 Å². The Balaban J connectivity index is 1.96. The molecule has 0 saturated heterocycles. The number of carboxylic acid groups (broad SMARTS) is 1. The Morgan fingerprint density at radius 1 is 1.40 bits per heavy atom. The molecule has 1 fully saturated rings. The molecule has 1 aliphatic carbocycles. The number of nitrogens with one attached hydrogen (secondary N) is 1. The van der Waals surface area contributed by atoms with Crippen molar-refractivity contribution in [2.24, 2.45) is 0 Å². The van der Waals surface area contributed by atoms with Crippen LogP contribution < -0.4 is 14.8 Å².